The van der Waals surface area contributed by atoms with Crippen molar-refractivity contribution in [3.8, 4) is 6.07 Å². The Morgan fingerprint density at radius 3 is 2.56 bits per heavy atom. The van der Waals surface area contributed by atoms with Gasteiger partial charge < -0.3 is 4.74 Å². The molecule has 0 unspecified atom stereocenters. The molecule has 0 aliphatic rings. The molecule has 0 bridgehead atoms. The van der Waals surface area contributed by atoms with Crippen LogP contribution in [-0.4, -0.2) is 12.6 Å². The molecule has 96 valence electrons. The van der Waals surface area contributed by atoms with Gasteiger partial charge in [0.15, 0.2) is 5.92 Å². The number of rotatable bonds is 3. The summed E-state index contributed by atoms with van der Waals surface area (Å²) in [5.41, 5.74) is -1.38. The summed E-state index contributed by atoms with van der Waals surface area (Å²) in [6.45, 7) is 1.52. The quantitative estimate of drug-likeness (QED) is 0.782. The lowest BCUT2D eigenvalue weighted by Crippen LogP contribution is -2.19. The van der Waals surface area contributed by atoms with E-state index in [0.29, 0.717) is 0 Å². The topological polar surface area (TPSA) is 50.1 Å². The third-order valence-corrected chi connectivity index (χ3v) is 2.23. The number of nitriles is 1. The Balaban J connectivity index is 3.23. The van der Waals surface area contributed by atoms with Gasteiger partial charge in [0.25, 0.3) is 0 Å². The van der Waals surface area contributed by atoms with E-state index >= 15 is 0 Å². The van der Waals surface area contributed by atoms with E-state index in [1.807, 2.05) is 0 Å². The van der Waals surface area contributed by atoms with Gasteiger partial charge in [0.2, 0.25) is 0 Å². The van der Waals surface area contributed by atoms with Crippen LogP contribution in [0.1, 0.15) is 24.0 Å². The molecule has 6 heteroatoms. The van der Waals surface area contributed by atoms with Crippen LogP contribution in [0.5, 0.6) is 0 Å². The lowest BCUT2D eigenvalue weighted by molar-refractivity contribution is -0.144. The first-order valence-corrected chi connectivity index (χ1v) is 5.14. The van der Waals surface area contributed by atoms with Crippen LogP contribution >= 0.6 is 0 Å². The predicted octanol–water partition coefficient (Wildman–Crippen LogP) is 2.88. The van der Waals surface area contributed by atoms with Gasteiger partial charge in [-0.2, -0.15) is 18.4 Å². The number of alkyl halides is 3. The van der Waals surface area contributed by atoms with Crippen molar-refractivity contribution < 1.29 is 22.7 Å². The van der Waals surface area contributed by atoms with Gasteiger partial charge in [-0.3, -0.25) is 4.79 Å². The number of hydrogen-bond acceptors (Lipinski definition) is 3. The minimum Gasteiger partial charge on any atom is -0.465 e. The fraction of sp³-hybridized carbons (Fsp3) is 0.333. The molecule has 0 amide bonds. The van der Waals surface area contributed by atoms with Gasteiger partial charge in [-0.05, 0) is 18.6 Å². The first-order chi connectivity index (χ1) is 8.41. The van der Waals surface area contributed by atoms with E-state index in [1.165, 1.54) is 19.1 Å². The second-order valence-corrected chi connectivity index (χ2v) is 3.40. The van der Waals surface area contributed by atoms with Gasteiger partial charge in [0.05, 0.1) is 18.2 Å². The molecule has 0 saturated carbocycles. The Labute approximate surface area is 102 Å². The number of nitrogens with zero attached hydrogens (tertiary/aromatic N) is 1. The number of benzene rings is 1. The smallest absolute Gasteiger partial charge is 0.416 e. The van der Waals surface area contributed by atoms with Crippen LogP contribution in [-0.2, 0) is 15.7 Å². The van der Waals surface area contributed by atoms with E-state index in [1.54, 1.807) is 6.07 Å². The molecule has 0 fully saturated rings. The molecule has 1 aromatic rings. The molecule has 18 heavy (non-hydrogen) atoms. The number of hydrogen-bond donors (Lipinski definition) is 0. The summed E-state index contributed by atoms with van der Waals surface area (Å²) in [4.78, 5) is 11.4. The number of carbonyl (C=O) groups excluding carboxylic acids is 1. The van der Waals surface area contributed by atoms with Gasteiger partial charge in [-0.15, -0.1) is 0 Å². The Bertz CT molecular complexity index is 477. The van der Waals surface area contributed by atoms with E-state index in [0.717, 1.165) is 12.1 Å². The molecule has 1 atom stereocenters. The van der Waals surface area contributed by atoms with E-state index in [4.69, 9.17) is 5.26 Å². The minimum atomic E-state index is -4.61. The molecule has 0 aliphatic heterocycles. The normalized spacial score (nSPS) is 12.6. The maximum atomic E-state index is 12.7. The molecule has 0 heterocycles. The second kappa shape index (κ2) is 5.54. The summed E-state index contributed by atoms with van der Waals surface area (Å²) >= 11 is 0. The SMILES string of the molecule is CCOC(=O)[C@H](C#N)c1ccccc1C(F)(F)F. The van der Waals surface area contributed by atoms with Crippen LogP contribution in [0, 0.1) is 11.3 Å². The molecule has 0 radical (unpaired) electrons. The molecule has 1 aromatic carbocycles. The first-order valence-electron chi connectivity index (χ1n) is 5.14. The average Bonchev–Trinajstić information content (AvgIpc) is 2.29. The second-order valence-electron chi connectivity index (χ2n) is 3.40. The number of carbonyl (C=O) groups is 1. The van der Waals surface area contributed by atoms with Crippen LogP contribution in [0.15, 0.2) is 24.3 Å². The largest absolute Gasteiger partial charge is 0.465 e. The Kier molecular flexibility index (Phi) is 4.32. The third-order valence-electron chi connectivity index (χ3n) is 2.23. The van der Waals surface area contributed by atoms with Gasteiger partial charge in [-0.1, -0.05) is 18.2 Å². The van der Waals surface area contributed by atoms with Crippen LogP contribution < -0.4 is 0 Å². The summed E-state index contributed by atoms with van der Waals surface area (Å²) in [5, 5.41) is 8.85. The molecular weight excluding hydrogens is 247 g/mol. The van der Waals surface area contributed by atoms with Crippen LogP contribution in [0.3, 0.4) is 0 Å². The van der Waals surface area contributed by atoms with E-state index in [-0.39, 0.29) is 12.2 Å². The van der Waals surface area contributed by atoms with Crippen molar-refractivity contribution in [3.05, 3.63) is 35.4 Å². The van der Waals surface area contributed by atoms with Crippen molar-refractivity contribution in [2.24, 2.45) is 0 Å². The fourth-order valence-electron chi connectivity index (χ4n) is 1.48. The highest BCUT2D eigenvalue weighted by atomic mass is 19.4. The Morgan fingerprint density at radius 1 is 1.44 bits per heavy atom. The third kappa shape index (κ3) is 3.00. The number of halogens is 3. The van der Waals surface area contributed by atoms with Crippen molar-refractivity contribution in [1.82, 2.24) is 0 Å². The fourth-order valence-corrected chi connectivity index (χ4v) is 1.48. The van der Waals surface area contributed by atoms with Gasteiger partial charge in [0.1, 0.15) is 0 Å². The van der Waals surface area contributed by atoms with Crippen molar-refractivity contribution in [2.75, 3.05) is 6.61 Å². The highest BCUT2D eigenvalue weighted by Crippen LogP contribution is 2.35. The Morgan fingerprint density at radius 2 is 2.06 bits per heavy atom. The molecule has 0 aromatic heterocycles. The summed E-state index contributed by atoms with van der Waals surface area (Å²) in [6.07, 6.45) is -4.61. The van der Waals surface area contributed by atoms with Crippen molar-refractivity contribution >= 4 is 5.97 Å². The molecular formula is C12H10F3NO2. The minimum absolute atomic E-state index is 0.00516. The highest BCUT2D eigenvalue weighted by Gasteiger charge is 2.37. The van der Waals surface area contributed by atoms with E-state index in [9.17, 15) is 18.0 Å². The summed E-state index contributed by atoms with van der Waals surface area (Å²) < 4.78 is 42.8. The maximum Gasteiger partial charge on any atom is 0.416 e. The van der Waals surface area contributed by atoms with Crippen molar-refractivity contribution in [2.45, 2.75) is 19.0 Å². The van der Waals surface area contributed by atoms with Crippen LogP contribution in [0.25, 0.3) is 0 Å². The van der Waals surface area contributed by atoms with E-state index in [2.05, 4.69) is 4.74 Å². The highest BCUT2D eigenvalue weighted by molar-refractivity contribution is 5.81. The van der Waals surface area contributed by atoms with Gasteiger partial charge >= 0.3 is 12.1 Å². The monoisotopic (exact) mass is 257 g/mol. The predicted molar refractivity (Wildman–Crippen MR) is 56.4 cm³/mol. The standard InChI is InChI=1S/C12H10F3NO2/c1-2-18-11(17)9(7-16)8-5-3-4-6-10(8)12(13,14)15/h3-6,9H,2H2,1H3/t9-/m1/s1. The average molecular weight is 257 g/mol. The molecule has 0 aliphatic carbocycles. The van der Waals surface area contributed by atoms with Crippen molar-refractivity contribution in [1.29, 1.82) is 5.26 Å². The zero-order chi connectivity index (χ0) is 13.8. The molecule has 0 spiro atoms. The maximum absolute atomic E-state index is 12.7. The summed E-state index contributed by atoms with van der Waals surface area (Å²) in [7, 11) is 0. The summed E-state index contributed by atoms with van der Waals surface area (Å²) in [6, 6.07) is 6.02. The Hall–Kier alpha value is -2.03. The lowest BCUT2D eigenvalue weighted by atomic mass is 9.95. The molecule has 0 N–H and O–H groups in total. The molecule has 0 saturated heterocycles. The van der Waals surface area contributed by atoms with Gasteiger partial charge in [-0.25, -0.2) is 0 Å². The van der Waals surface area contributed by atoms with Gasteiger partial charge in [0, 0.05) is 0 Å². The van der Waals surface area contributed by atoms with Crippen LogP contribution in [0.2, 0.25) is 0 Å². The van der Waals surface area contributed by atoms with Crippen LogP contribution in [0.4, 0.5) is 13.2 Å². The number of esters is 1. The molecule has 1 rings (SSSR count). The number of ether oxygens (including phenoxy) is 1. The zero-order valence-corrected chi connectivity index (χ0v) is 9.49. The first kappa shape index (κ1) is 14.0. The molecule has 3 nitrogen and oxygen atoms in total. The van der Waals surface area contributed by atoms with Crippen molar-refractivity contribution in [3.63, 3.8) is 0 Å². The zero-order valence-electron chi connectivity index (χ0n) is 9.49. The summed E-state index contributed by atoms with van der Waals surface area (Å²) in [5.74, 6) is -2.54. The van der Waals surface area contributed by atoms with E-state index < -0.39 is 23.6 Å². The lowest BCUT2D eigenvalue weighted by Gasteiger charge is -2.15.